The van der Waals surface area contributed by atoms with Crippen LogP contribution in [0.15, 0.2) is 18.6 Å². The molecule has 5 rings (SSSR count). The van der Waals surface area contributed by atoms with E-state index in [0.717, 1.165) is 35.1 Å². The van der Waals surface area contributed by atoms with Crippen molar-refractivity contribution in [3.8, 4) is 11.3 Å². The number of anilines is 1. The van der Waals surface area contributed by atoms with Crippen LogP contribution < -0.4 is 10.2 Å². The lowest BCUT2D eigenvalue weighted by Gasteiger charge is -2.39. The third-order valence-corrected chi connectivity index (χ3v) is 6.43. The standard InChI is InChI=1S/C15H15IN8O/c1-23-7-8(4-19-23)11-12-10(21-22-11)6-18-14(20-12)24-9-2-3-15(24,16)13(25)17-5-9/h4,6-7,9H,2-3,5H2,1H3,(H,17,25)(H,21,22). The first-order valence-corrected chi connectivity index (χ1v) is 9.11. The number of rotatable bonds is 2. The van der Waals surface area contributed by atoms with Crippen molar-refractivity contribution < 1.29 is 4.79 Å². The Bertz CT molecular complexity index is 997. The maximum Gasteiger partial charge on any atom is 0.256 e. The Morgan fingerprint density at radius 3 is 3.08 bits per heavy atom. The van der Waals surface area contributed by atoms with Crippen molar-refractivity contribution in [2.24, 2.45) is 7.05 Å². The fraction of sp³-hybridized carbons (Fsp3) is 0.400. The van der Waals surface area contributed by atoms with Crippen LogP contribution in [0.2, 0.25) is 0 Å². The van der Waals surface area contributed by atoms with Crippen molar-refractivity contribution in [1.29, 1.82) is 0 Å². The molecule has 0 aliphatic carbocycles. The van der Waals surface area contributed by atoms with Gasteiger partial charge in [-0.15, -0.1) is 0 Å². The van der Waals surface area contributed by atoms with Gasteiger partial charge >= 0.3 is 0 Å². The minimum Gasteiger partial charge on any atom is -0.351 e. The van der Waals surface area contributed by atoms with Gasteiger partial charge < -0.3 is 10.2 Å². The molecule has 2 saturated heterocycles. The fourth-order valence-electron chi connectivity index (χ4n) is 3.65. The molecule has 3 aromatic heterocycles. The van der Waals surface area contributed by atoms with Crippen LogP contribution in [-0.4, -0.2) is 52.0 Å². The quantitative estimate of drug-likeness (QED) is 0.343. The molecule has 10 heteroatoms. The Hall–Kier alpha value is -2.24. The van der Waals surface area contributed by atoms with Crippen molar-refractivity contribution in [3.63, 3.8) is 0 Å². The van der Waals surface area contributed by atoms with Gasteiger partial charge in [0, 0.05) is 25.4 Å². The monoisotopic (exact) mass is 450 g/mol. The largest absolute Gasteiger partial charge is 0.351 e. The van der Waals surface area contributed by atoms with Crippen LogP contribution in [0, 0.1) is 0 Å². The number of H-pyrrole nitrogens is 1. The minimum atomic E-state index is -0.618. The second kappa shape index (κ2) is 5.13. The molecule has 2 N–H and O–H groups in total. The number of amides is 1. The van der Waals surface area contributed by atoms with Crippen LogP contribution in [0.5, 0.6) is 0 Å². The summed E-state index contributed by atoms with van der Waals surface area (Å²) in [5.74, 6) is 0.607. The summed E-state index contributed by atoms with van der Waals surface area (Å²) in [6.07, 6.45) is 7.14. The highest BCUT2D eigenvalue weighted by molar-refractivity contribution is 14.1. The molecule has 0 spiro atoms. The Morgan fingerprint density at radius 2 is 2.28 bits per heavy atom. The van der Waals surface area contributed by atoms with E-state index in [0.29, 0.717) is 12.5 Å². The number of aromatic nitrogens is 6. The van der Waals surface area contributed by atoms with Crippen LogP contribution in [0.4, 0.5) is 5.95 Å². The lowest BCUT2D eigenvalue weighted by molar-refractivity contribution is -0.123. The van der Waals surface area contributed by atoms with Crippen LogP contribution in [0.25, 0.3) is 22.3 Å². The fourth-order valence-corrected chi connectivity index (χ4v) is 4.76. The number of nitrogens with one attached hydrogen (secondary N) is 2. The second-order valence-electron chi connectivity index (χ2n) is 6.44. The number of hydrogen-bond acceptors (Lipinski definition) is 6. The van der Waals surface area contributed by atoms with Crippen molar-refractivity contribution in [2.75, 3.05) is 11.4 Å². The first kappa shape index (κ1) is 15.0. The molecule has 0 saturated carbocycles. The van der Waals surface area contributed by atoms with Gasteiger partial charge in [-0.25, -0.2) is 9.97 Å². The van der Waals surface area contributed by atoms with Crippen LogP contribution >= 0.6 is 22.6 Å². The smallest absolute Gasteiger partial charge is 0.256 e. The van der Waals surface area contributed by atoms with Gasteiger partial charge in [0.25, 0.3) is 5.91 Å². The average Bonchev–Trinajstić information content (AvgIpc) is 3.27. The Morgan fingerprint density at radius 1 is 1.40 bits per heavy atom. The molecule has 3 aromatic rings. The third kappa shape index (κ3) is 2.09. The molecule has 2 aliphatic rings. The van der Waals surface area contributed by atoms with Crippen molar-refractivity contribution in [3.05, 3.63) is 18.6 Å². The summed E-state index contributed by atoms with van der Waals surface area (Å²) in [5.41, 5.74) is 3.13. The number of aryl methyl sites for hydroxylation is 1. The first-order chi connectivity index (χ1) is 12.1. The number of alkyl halides is 1. The highest BCUT2D eigenvalue weighted by Gasteiger charge is 2.54. The summed E-state index contributed by atoms with van der Waals surface area (Å²) in [7, 11) is 1.86. The van der Waals surface area contributed by atoms with Gasteiger partial charge in [0.15, 0.2) is 3.55 Å². The number of piperazine rings is 1. The maximum absolute atomic E-state index is 12.4. The van der Waals surface area contributed by atoms with Crippen LogP contribution in [0.1, 0.15) is 12.8 Å². The zero-order chi connectivity index (χ0) is 17.2. The first-order valence-electron chi connectivity index (χ1n) is 8.03. The number of hydrogen-bond donors (Lipinski definition) is 2. The minimum absolute atomic E-state index is 0.0326. The van der Waals surface area contributed by atoms with Crippen molar-refractivity contribution in [2.45, 2.75) is 22.4 Å². The molecule has 0 radical (unpaired) electrons. The molecule has 1 amide bonds. The molecule has 2 atom stereocenters. The number of carbonyl (C=O) groups excluding carboxylic acids is 1. The molecule has 9 nitrogen and oxygen atoms in total. The van der Waals surface area contributed by atoms with Crippen molar-refractivity contribution in [1.82, 2.24) is 35.3 Å². The van der Waals surface area contributed by atoms with E-state index in [9.17, 15) is 4.79 Å². The Kier molecular flexibility index (Phi) is 3.09. The summed E-state index contributed by atoms with van der Waals surface area (Å²) >= 11 is 2.23. The van der Waals surface area contributed by atoms with Gasteiger partial charge in [0.2, 0.25) is 5.95 Å². The SMILES string of the molecule is Cn1cc(-c2n[nH]c3cnc(N4C5CCC4(I)C(=O)NC5)nc23)cn1. The molecule has 0 aromatic carbocycles. The van der Waals surface area contributed by atoms with E-state index in [-0.39, 0.29) is 11.9 Å². The molecule has 2 bridgehead atoms. The van der Waals surface area contributed by atoms with E-state index in [2.05, 4.69) is 53.1 Å². The Labute approximate surface area is 156 Å². The molecule has 2 fully saturated rings. The highest BCUT2D eigenvalue weighted by Crippen LogP contribution is 2.44. The van der Waals surface area contributed by atoms with E-state index in [1.54, 1.807) is 17.1 Å². The number of nitrogens with zero attached hydrogens (tertiary/aromatic N) is 6. The molecule has 128 valence electrons. The van der Waals surface area contributed by atoms with E-state index in [4.69, 9.17) is 4.98 Å². The zero-order valence-corrected chi connectivity index (χ0v) is 15.6. The summed E-state index contributed by atoms with van der Waals surface area (Å²) in [6.45, 7) is 0.631. The van der Waals surface area contributed by atoms with E-state index >= 15 is 0 Å². The third-order valence-electron chi connectivity index (χ3n) is 4.88. The van der Waals surface area contributed by atoms with Gasteiger partial charge in [-0.05, 0) is 35.4 Å². The van der Waals surface area contributed by atoms with Crippen LogP contribution in [-0.2, 0) is 11.8 Å². The van der Waals surface area contributed by atoms with Gasteiger partial charge in [0.1, 0.15) is 16.7 Å². The lowest BCUT2D eigenvalue weighted by Crippen LogP contribution is -2.61. The van der Waals surface area contributed by atoms with E-state index in [1.165, 1.54) is 0 Å². The topological polar surface area (TPSA) is 105 Å². The number of carbonyl (C=O) groups is 1. The van der Waals surface area contributed by atoms with E-state index in [1.807, 2.05) is 13.2 Å². The predicted octanol–water partition coefficient (Wildman–Crippen LogP) is 0.983. The summed E-state index contributed by atoms with van der Waals surface area (Å²) < 4.78 is 1.11. The van der Waals surface area contributed by atoms with Gasteiger partial charge in [-0.2, -0.15) is 10.2 Å². The summed E-state index contributed by atoms with van der Waals surface area (Å²) in [5, 5.41) is 14.5. The summed E-state index contributed by atoms with van der Waals surface area (Å²) in [4.78, 5) is 23.7. The molecule has 25 heavy (non-hydrogen) atoms. The normalized spacial score (nSPS) is 25.6. The number of fused-ring (bicyclic) bond motifs is 3. The second-order valence-corrected chi connectivity index (χ2v) is 8.22. The van der Waals surface area contributed by atoms with Gasteiger partial charge in [-0.3, -0.25) is 14.6 Å². The molecular formula is C15H15IN8O. The molecule has 2 unspecified atom stereocenters. The molecule has 5 heterocycles. The van der Waals surface area contributed by atoms with Gasteiger partial charge in [-0.1, -0.05) is 0 Å². The number of halogens is 1. The molecular weight excluding hydrogens is 435 g/mol. The maximum atomic E-state index is 12.4. The van der Waals surface area contributed by atoms with Gasteiger partial charge in [0.05, 0.1) is 18.4 Å². The lowest BCUT2D eigenvalue weighted by atomic mass is 10.2. The molecule has 2 aliphatic heterocycles. The highest BCUT2D eigenvalue weighted by atomic mass is 127. The number of aromatic amines is 1. The predicted molar refractivity (Wildman–Crippen MR) is 99.1 cm³/mol. The summed E-state index contributed by atoms with van der Waals surface area (Å²) in [6, 6.07) is 0.223. The van der Waals surface area contributed by atoms with E-state index < -0.39 is 3.55 Å². The Balaban J connectivity index is 1.65. The van der Waals surface area contributed by atoms with Crippen LogP contribution in [0.3, 0.4) is 0 Å². The van der Waals surface area contributed by atoms with Crippen molar-refractivity contribution >= 4 is 45.5 Å². The zero-order valence-electron chi connectivity index (χ0n) is 13.4. The average molecular weight is 450 g/mol.